The highest BCUT2D eigenvalue weighted by Gasteiger charge is 2.40. The van der Waals surface area contributed by atoms with Gasteiger partial charge in [0, 0.05) is 6.07 Å². The van der Waals surface area contributed by atoms with Crippen LogP contribution in [0.2, 0.25) is 0 Å². The van der Waals surface area contributed by atoms with Crippen LogP contribution in [0.5, 0.6) is 5.88 Å². The van der Waals surface area contributed by atoms with E-state index < -0.39 is 24.1 Å². The standard InChI is InChI=1S/C9H8F3N3O4/c10-9(11,12)8(18)13-4-2-15-6(19-3-4)1-5(14-15)7(16)17/h1,4H,2-3H2,(H,13,18)(H,16,17). The minimum Gasteiger partial charge on any atom is -0.476 e. The Morgan fingerprint density at radius 1 is 1.53 bits per heavy atom. The SMILES string of the molecule is O=C(O)c1cc2n(n1)CC(NC(=O)C(F)(F)F)CO2. The van der Waals surface area contributed by atoms with Crippen molar-refractivity contribution in [3.63, 3.8) is 0 Å². The fourth-order valence-electron chi connectivity index (χ4n) is 1.55. The van der Waals surface area contributed by atoms with E-state index in [1.807, 2.05) is 0 Å². The Hall–Kier alpha value is -2.26. The van der Waals surface area contributed by atoms with Crippen molar-refractivity contribution in [2.45, 2.75) is 18.8 Å². The number of carboxylic acids is 1. The predicted molar refractivity (Wildman–Crippen MR) is 52.7 cm³/mol. The molecule has 19 heavy (non-hydrogen) atoms. The molecule has 10 heteroatoms. The van der Waals surface area contributed by atoms with Crippen LogP contribution in [0.1, 0.15) is 10.5 Å². The number of carbonyl (C=O) groups is 2. The molecular formula is C9H8F3N3O4. The van der Waals surface area contributed by atoms with E-state index in [2.05, 4.69) is 5.10 Å². The fourth-order valence-corrected chi connectivity index (χ4v) is 1.55. The number of halogens is 3. The summed E-state index contributed by atoms with van der Waals surface area (Å²) in [6.45, 7) is -0.281. The zero-order valence-corrected chi connectivity index (χ0v) is 9.27. The first-order valence-electron chi connectivity index (χ1n) is 5.09. The number of aromatic nitrogens is 2. The van der Waals surface area contributed by atoms with Gasteiger partial charge in [-0.05, 0) is 0 Å². The molecule has 0 spiro atoms. The molecule has 2 rings (SSSR count). The van der Waals surface area contributed by atoms with Crippen LogP contribution < -0.4 is 10.1 Å². The van der Waals surface area contributed by atoms with Crippen LogP contribution in [-0.2, 0) is 11.3 Å². The van der Waals surface area contributed by atoms with Crippen LogP contribution in [-0.4, -0.2) is 45.6 Å². The van der Waals surface area contributed by atoms with Crippen molar-refractivity contribution in [2.75, 3.05) is 6.61 Å². The van der Waals surface area contributed by atoms with Crippen molar-refractivity contribution in [1.82, 2.24) is 15.1 Å². The lowest BCUT2D eigenvalue weighted by Gasteiger charge is -2.25. The number of carboxylic acid groups (broad SMARTS) is 1. The highest BCUT2D eigenvalue weighted by atomic mass is 19.4. The van der Waals surface area contributed by atoms with Crippen molar-refractivity contribution in [3.8, 4) is 5.88 Å². The normalized spacial score (nSPS) is 18.4. The van der Waals surface area contributed by atoms with Crippen molar-refractivity contribution >= 4 is 11.9 Å². The molecule has 0 bridgehead atoms. The summed E-state index contributed by atoms with van der Waals surface area (Å²) in [4.78, 5) is 21.4. The van der Waals surface area contributed by atoms with E-state index >= 15 is 0 Å². The van der Waals surface area contributed by atoms with Crippen LogP contribution in [0.15, 0.2) is 6.07 Å². The number of nitrogens with one attached hydrogen (secondary N) is 1. The lowest BCUT2D eigenvalue weighted by molar-refractivity contribution is -0.174. The zero-order valence-electron chi connectivity index (χ0n) is 9.27. The highest BCUT2D eigenvalue weighted by molar-refractivity contribution is 5.85. The minimum atomic E-state index is -4.98. The second-order valence-electron chi connectivity index (χ2n) is 3.83. The lowest BCUT2D eigenvalue weighted by Crippen LogP contribution is -2.49. The van der Waals surface area contributed by atoms with E-state index in [-0.39, 0.29) is 24.7 Å². The fraction of sp³-hybridized carbons (Fsp3) is 0.444. The van der Waals surface area contributed by atoms with Crippen LogP contribution in [0.25, 0.3) is 0 Å². The predicted octanol–water partition coefficient (Wildman–Crippen LogP) is 0.0208. The quantitative estimate of drug-likeness (QED) is 0.796. The summed E-state index contributed by atoms with van der Waals surface area (Å²) in [7, 11) is 0. The highest BCUT2D eigenvalue weighted by Crippen LogP contribution is 2.20. The van der Waals surface area contributed by atoms with Gasteiger partial charge in [-0.25, -0.2) is 9.48 Å². The first kappa shape index (κ1) is 13.2. The number of aromatic carboxylic acids is 1. The molecular weight excluding hydrogens is 271 g/mol. The van der Waals surface area contributed by atoms with Gasteiger partial charge in [0.2, 0.25) is 5.88 Å². The second kappa shape index (κ2) is 4.44. The molecule has 1 aliphatic heterocycles. The number of alkyl halides is 3. The monoisotopic (exact) mass is 279 g/mol. The van der Waals surface area contributed by atoms with Crippen LogP contribution in [0.3, 0.4) is 0 Å². The smallest absolute Gasteiger partial charge is 0.471 e. The molecule has 1 unspecified atom stereocenters. The molecule has 0 saturated carbocycles. The van der Waals surface area contributed by atoms with Gasteiger partial charge in [-0.3, -0.25) is 4.79 Å². The largest absolute Gasteiger partial charge is 0.476 e. The summed E-state index contributed by atoms with van der Waals surface area (Å²) < 4.78 is 42.3. The van der Waals surface area contributed by atoms with E-state index in [0.717, 1.165) is 10.7 Å². The third-order valence-corrected chi connectivity index (χ3v) is 2.38. The Morgan fingerprint density at radius 3 is 2.79 bits per heavy atom. The van der Waals surface area contributed by atoms with Gasteiger partial charge in [-0.2, -0.15) is 18.3 Å². The second-order valence-corrected chi connectivity index (χ2v) is 3.83. The molecule has 0 saturated heterocycles. The Balaban J connectivity index is 2.06. The molecule has 104 valence electrons. The Labute approximate surface area is 103 Å². The van der Waals surface area contributed by atoms with Crippen molar-refractivity contribution in [2.24, 2.45) is 0 Å². The molecule has 0 aliphatic carbocycles. The number of carbonyl (C=O) groups excluding carboxylic acids is 1. The maximum absolute atomic E-state index is 12.1. The van der Waals surface area contributed by atoms with Gasteiger partial charge in [0.1, 0.15) is 6.61 Å². The molecule has 2 N–H and O–H groups in total. The number of amides is 1. The average Bonchev–Trinajstić information content (AvgIpc) is 2.70. The van der Waals surface area contributed by atoms with Crippen molar-refractivity contribution < 1.29 is 32.6 Å². The third-order valence-electron chi connectivity index (χ3n) is 2.38. The molecule has 0 radical (unpaired) electrons. The van der Waals surface area contributed by atoms with Gasteiger partial charge < -0.3 is 15.2 Å². The molecule has 1 aliphatic rings. The number of nitrogens with zero attached hydrogens (tertiary/aromatic N) is 2. The van der Waals surface area contributed by atoms with Gasteiger partial charge in [0.05, 0.1) is 12.6 Å². The maximum atomic E-state index is 12.1. The van der Waals surface area contributed by atoms with Crippen molar-refractivity contribution in [3.05, 3.63) is 11.8 Å². The molecule has 1 atom stereocenters. The maximum Gasteiger partial charge on any atom is 0.471 e. The Bertz CT molecular complexity index is 525. The van der Waals surface area contributed by atoms with Gasteiger partial charge in [-0.15, -0.1) is 0 Å². The number of hydrogen-bond donors (Lipinski definition) is 2. The van der Waals surface area contributed by atoms with Gasteiger partial charge in [0.15, 0.2) is 5.69 Å². The van der Waals surface area contributed by atoms with Gasteiger partial charge in [0.25, 0.3) is 0 Å². The van der Waals surface area contributed by atoms with Crippen LogP contribution in [0.4, 0.5) is 13.2 Å². The summed E-state index contributed by atoms with van der Waals surface area (Å²) in [5.41, 5.74) is -0.280. The first-order chi connectivity index (χ1) is 8.77. The minimum absolute atomic E-state index is 0.0928. The molecule has 1 aromatic heterocycles. The Morgan fingerprint density at radius 2 is 2.21 bits per heavy atom. The van der Waals surface area contributed by atoms with Crippen LogP contribution in [0, 0.1) is 0 Å². The summed E-state index contributed by atoms with van der Waals surface area (Å²) in [5, 5.41) is 14.1. The molecule has 7 nitrogen and oxygen atoms in total. The zero-order chi connectivity index (χ0) is 14.2. The topological polar surface area (TPSA) is 93.5 Å². The summed E-state index contributed by atoms with van der Waals surface area (Å²) >= 11 is 0. The van der Waals surface area contributed by atoms with Crippen LogP contribution >= 0.6 is 0 Å². The first-order valence-corrected chi connectivity index (χ1v) is 5.09. The summed E-state index contributed by atoms with van der Waals surface area (Å²) in [6, 6.07) is 0.229. The van der Waals surface area contributed by atoms with E-state index in [9.17, 15) is 22.8 Å². The summed E-state index contributed by atoms with van der Waals surface area (Å²) in [6.07, 6.45) is -4.98. The van der Waals surface area contributed by atoms with E-state index in [1.165, 1.54) is 0 Å². The van der Waals surface area contributed by atoms with E-state index in [4.69, 9.17) is 9.84 Å². The molecule has 2 heterocycles. The summed E-state index contributed by atoms with van der Waals surface area (Å²) in [5.74, 6) is -3.22. The van der Waals surface area contributed by atoms with Gasteiger partial charge >= 0.3 is 18.1 Å². The number of ether oxygens (including phenoxy) is 1. The third kappa shape index (κ3) is 2.77. The molecule has 1 amide bonds. The molecule has 1 aromatic rings. The number of hydrogen-bond acceptors (Lipinski definition) is 4. The van der Waals surface area contributed by atoms with Crippen molar-refractivity contribution in [1.29, 1.82) is 0 Å². The van der Waals surface area contributed by atoms with E-state index in [0.29, 0.717) is 0 Å². The molecule has 0 aromatic carbocycles. The lowest BCUT2D eigenvalue weighted by atomic mass is 10.3. The number of fused-ring (bicyclic) bond motifs is 1. The Kier molecular flexibility index (Phi) is 3.08. The average molecular weight is 279 g/mol. The molecule has 0 fully saturated rings. The van der Waals surface area contributed by atoms with Gasteiger partial charge in [-0.1, -0.05) is 0 Å². The number of rotatable bonds is 2. The van der Waals surface area contributed by atoms with E-state index in [1.54, 1.807) is 5.32 Å².